The molecular weight excluding hydrogens is 194 g/mol. The van der Waals surface area contributed by atoms with Crippen LogP contribution in [0.1, 0.15) is 0 Å². The Morgan fingerprint density at radius 3 is 2.71 bits per heavy atom. The molecule has 0 aliphatic rings. The van der Waals surface area contributed by atoms with Gasteiger partial charge in [-0.1, -0.05) is 0 Å². The number of hydrogen-bond acceptors (Lipinski definition) is 3. The van der Waals surface area contributed by atoms with Crippen molar-refractivity contribution in [2.24, 2.45) is 0 Å². The zero-order valence-electron chi connectivity index (χ0n) is 7.28. The van der Waals surface area contributed by atoms with Gasteiger partial charge in [0.15, 0.2) is 11.6 Å². The molecule has 0 aromatic heterocycles. The Morgan fingerprint density at radius 2 is 2.07 bits per heavy atom. The summed E-state index contributed by atoms with van der Waals surface area (Å²) < 4.78 is 30.2. The van der Waals surface area contributed by atoms with Gasteiger partial charge in [0.05, 0.1) is 6.61 Å². The summed E-state index contributed by atoms with van der Waals surface area (Å²) in [5.41, 5.74) is 0. The summed E-state index contributed by atoms with van der Waals surface area (Å²) in [6.45, 7) is -0.770. The highest BCUT2D eigenvalue weighted by atomic mass is 19.1. The van der Waals surface area contributed by atoms with Crippen LogP contribution in [0.4, 0.5) is 8.78 Å². The molecule has 1 aromatic carbocycles. The molecule has 1 rings (SSSR count). The maximum atomic E-state index is 12.9. The minimum absolute atomic E-state index is 0.280. The van der Waals surface area contributed by atoms with Crippen LogP contribution >= 0.6 is 0 Å². The van der Waals surface area contributed by atoms with E-state index in [9.17, 15) is 8.78 Å². The highest BCUT2D eigenvalue weighted by molar-refractivity contribution is 5.24. The zero-order chi connectivity index (χ0) is 10.6. The number of ether oxygens (including phenoxy) is 1. The van der Waals surface area contributed by atoms with Crippen LogP contribution < -0.4 is 4.74 Å². The predicted molar refractivity (Wildman–Crippen MR) is 44.9 cm³/mol. The van der Waals surface area contributed by atoms with Crippen LogP contribution in [-0.4, -0.2) is 29.5 Å². The van der Waals surface area contributed by atoms with Gasteiger partial charge < -0.3 is 14.9 Å². The Balaban J connectivity index is 2.62. The van der Waals surface area contributed by atoms with E-state index in [2.05, 4.69) is 0 Å². The minimum atomic E-state index is -1.10. The predicted octanol–water partition coefficient (Wildman–Crippen LogP) is 0.697. The van der Waals surface area contributed by atoms with Crippen molar-refractivity contribution in [1.82, 2.24) is 0 Å². The first-order chi connectivity index (χ1) is 6.63. The smallest absolute Gasteiger partial charge is 0.165 e. The normalized spacial score (nSPS) is 12.6. The summed E-state index contributed by atoms with van der Waals surface area (Å²) >= 11 is 0. The lowest BCUT2D eigenvalue weighted by Gasteiger charge is -2.10. The Labute approximate surface area is 79.6 Å². The lowest BCUT2D eigenvalue weighted by molar-refractivity contribution is 0.0522. The maximum Gasteiger partial charge on any atom is 0.165 e. The molecule has 1 atom stereocenters. The van der Waals surface area contributed by atoms with Crippen molar-refractivity contribution in [3.8, 4) is 5.75 Å². The topological polar surface area (TPSA) is 49.7 Å². The first kappa shape index (κ1) is 10.9. The molecule has 14 heavy (non-hydrogen) atoms. The lowest BCUT2D eigenvalue weighted by Crippen LogP contribution is -2.21. The Bertz CT molecular complexity index is 304. The van der Waals surface area contributed by atoms with E-state index in [1.54, 1.807) is 0 Å². The van der Waals surface area contributed by atoms with Crippen molar-refractivity contribution in [3.05, 3.63) is 29.8 Å². The molecule has 0 heterocycles. The van der Waals surface area contributed by atoms with E-state index in [0.29, 0.717) is 0 Å². The third-order valence-corrected chi connectivity index (χ3v) is 1.54. The third-order valence-electron chi connectivity index (χ3n) is 1.54. The fraction of sp³-hybridized carbons (Fsp3) is 0.333. The van der Waals surface area contributed by atoms with Crippen molar-refractivity contribution in [3.63, 3.8) is 0 Å². The summed E-state index contributed by atoms with van der Waals surface area (Å²) in [5, 5.41) is 17.3. The molecule has 0 saturated heterocycles. The quantitative estimate of drug-likeness (QED) is 0.758. The molecule has 78 valence electrons. The van der Waals surface area contributed by atoms with Gasteiger partial charge >= 0.3 is 0 Å². The lowest BCUT2D eigenvalue weighted by atomic mass is 10.3. The van der Waals surface area contributed by atoms with E-state index < -0.39 is 24.3 Å². The zero-order valence-corrected chi connectivity index (χ0v) is 7.28. The van der Waals surface area contributed by atoms with Crippen molar-refractivity contribution >= 4 is 0 Å². The van der Waals surface area contributed by atoms with Gasteiger partial charge in [-0.15, -0.1) is 0 Å². The SMILES string of the molecule is OCC(O)COc1cc(F)ccc1F. The Hall–Kier alpha value is -1.20. The van der Waals surface area contributed by atoms with E-state index in [4.69, 9.17) is 14.9 Å². The second kappa shape index (κ2) is 4.88. The second-order valence-electron chi connectivity index (χ2n) is 2.72. The number of benzene rings is 1. The van der Waals surface area contributed by atoms with E-state index in [-0.39, 0.29) is 12.4 Å². The summed E-state index contributed by atoms with van der Waals surface area (Å²) in [6, 6.07) is 2.76. The summed E-state index contributed by atoms with van der Waals surface area (Å²) in [6.07, 6.45) is -1.10. The fourth-order valence-corrected chi connectivity index (χ4v) is 0.826. The highest BCUT2D eigenvalue weighted by Crippen LogP contribution is 2.17. The summed E-state index contributed by atoms with van der Waals surface area (Å²) in [7, 11) is 0. The molecule has 0 bridgehead atoms. The van der Waals surface area contributed by atoms with Crippen LogP contribution in [0, 0.1) is 11.6 Å². The molecule has 2 N–H and O–H groups in total. The largest absolute Gasteiger partial charge is 0.488 e. The Morgan fingerprint density at radius 1 is 1.36 bits per heavy atom. The molecule has 0 radical (unpaired) electrons. The average molecular weight is 204 g/mol. The standard InChI is InChI=1S/C9H10F2O3/c10-6-1-2-8(11)9(3-6)14-5-7(13)4-12/h1-3,7,12-13H,4-5H2. The Kier molecular flexibility index (Phi) is 3.79. The first-order valence-corrected chi connectivity index (χ1v) is 4.00. The summed E-state index contributed by atoms with van der Waals surface area (Å²) in [5.74, 6) is -1.62. The molecule has 0 aliphatic heterocycles. The van der Waals surface area contributed by atoms with Gasteiger partial charge in [0.2, 0.25) is 0 Å². The van der Waals surface area contributed by atoms with Crippen LogP contribution in [0.2, 0.25) is 0 Å². The van der Waals surface area contributed by atoms with Gasteiger partial charge in [-0.05, 0) is 12.1 Å². The highest BCUT2D eigenvalue weighted by Gasteiger charge is 2.07. The van der Waals surface area contributed by atoms with Gasteiger partial charge in [-0.2, -0.15) is 0 Å². The van der Waals surface area contributed by atoms with E-state index in [1.807, 2.05) is 0 Å². The van der Waals surface area contributed by atoms with Gasteiger partial charge in [0.25, 0.3) is 0 Å². The number of rotatable bonds is 4. The maximum absolute atomic E-state index is 12.9. The van der Waals surface area contributed by atoms with E-state index in [1.165, 1.54) is 0 Å². The third kappa shape index (κ3) is 2.93. The van der Waals surface area contributed by atoms with Crippen LogP contribution in [0.15, 0.2) is 18.2 Å². The number of hydrogen-bond donors (Lipinski definition) is 2. The first-order valence-electron chi connectivity index (χ1n) is 4.00. The van der Waals surface area contributed by atoms with Crippen LogP contribution in [0.5, 0.6) is 5.75 Å². The van der Waals surface area contributed by atoms with Crippen LogP contribution in [0.25, 0.3) is 0 Å². The molecule has 1 unspecified atom stereocenters. The van der Waals surface area contributed by atoms with Crippen molar-refractivity contribution in [2.45, 2.75) is 6.10 Å². The molecule has 3 nitrogen and oxygen atoms in total. The summed E-state index contributed by atoms with van der Waals surface area (Å²) in [4.78, 5) is 0. The monoisotopic (exact) mass is 204 g/mol. The molecule has 0 aliphatic carbocycles. The number of aliphatic hydroxyl groups is 2. The van der Waals surface area contributed by atoms with Crippen molar-refractivity contribution in [1.29, 1.82) is 0 Å². The second-order valence-corrected chi connectivity index (χ2v) is 2.72. The molecule has 0 saturated carbocycles. The van der Waals surface area contributed by atoms with Crippen LogP contribution in [-0.2, 0) is 0 Å². The minimum Gasteiger partial charge on any atom is -0.488 e. The number of aliphatic hydroxyl groups excluding tert-OH is 2. The molecule has 5 heteroatoms. The van der Waals surface area contributed by atoms with E-state index in [0.717, 1.165) is 18.2 Å². The van der Waals surface area contributed by atoms with Gasteiger partial charge in [0.1, 0.15) is 18.5 Å². The molecular formula is C9H10F2O3. The fourth-order valence-electron chi connectivity index (χ4n) is 0.826. The van der Waals surface area contributed by atoms with Crippen LogP contribution in [0.3, 0.4) is 0 Å². The van der Waals surface area contributed by atoms with Crippen molar-refractivity contribution in [2.75, 3.05) is 13.2 Å². The van der Waals surface area contributed by atoms with Gasteiger partial charge in [0, 0.05) is 6.07 Å². The van der Waals surface area contributed by atoms with Gasteiger partial charge in [-0.25, -0.2) is 8.78 Å². The number of halogens is 2. The molecule has 1 aromatic rings. The van der Waals surface area contributed by atoms with Crippen molar-refractivity contribution < 1.29 is 23.7 Å². The molecule has 0 amide bonds. The van der Waals surface area contributed by atoms with E-state index >= 15 is 0 Å². The molecule has 0 spiro atoms. The average Bonchev–Trinajstić information content (AvgIpc) is 2.19. The van der Waals surface area contributed by atoms with Gasteiger partial charge in [-0.3, -0.25) is 0 Å². The molecule has 0 fully saturated rings.